The average molecular weight is 389 g/mol. The smallest absolute Gasteiger partial charge is 0.294 e. The lowest BCUT2D eigenvalue weighted by Gasteiger charge is -2.22. The molecule has 0 spiro atoms. The summed E-state index contributed by atoms with van der Waals surface area (Å²) in [4.78, 5) is 5.80. The van der Waals surface area contributed by atoms with Crippen LogP contribution in [-0.4, -0.2) is 11.0 Å². The maximum absolute atomic E-state index is 14.1. The highest BCUT2D eigenvalue weighted by Gasteiger charge is 2.79. The molecule has 1 aliphatic rings. The number of hydroxylamine groups is 1. The zero-order valence-corrected chi connectivity index (χ0v) is 14.9. The summed E-state index contributed by atoms with van der Waals surface area (Å²) in [5.74, 6) is 0. The molecule has 1 fully saturated rings. The van der Waals surface area contributed by atoms with Gasteiger partial charge in [0.1, 0.15) is 0 Å². The molecule has 0 saturated carbocycles. The Kier molecular flexibility index (Phi) is 4.22. The van der Waals surface area contributed by atoms with Crippen molar-refractivity contribution >= 4 is 17.9 Å². The average Bonchev–Trinajstić information content (AvgIpc) is 3.47. The monoisotopic (exact) mass is 389 g/mol. The summed E-state index contributed by atoms with van der Waals surface area (Å²) in [6, 6.07) is 23.5. The highest BCUT2D eigenvalue weighted by Crippen LogP contribution is 2.69. The van der Waals surface area contributed by atoms with E-state index in [2.05, 4.69) is 0 Å². The van der Waals surface area contributed by atoms with Crippen LogP contribution in [-0.2, 0) is 15.1 Å². The molecule has 138 valence electrons. The third-order valence-electron chi connectivity index (χ3n) is 4.47. The van der Waals surface area contributed by atoms with E-state index in [-0.39, 0.29) is 16.2 Å². The third-order valence-corrected chi connectivity index (χ3v) is 7.34. The molecule has 0 aromatic heterocycles. The molecule has 0 bridgehead atoms. The molecule has 1 heterocycles. The van der Waals surface area contributed by atoms with Gasteiger partial charge >= 0.3 is 6.18 Å². The first-order valence-corrected chi connectivity index (χ1v) is 9.90. The molecular formula is C20H15F3NO2P. The first-order chi connectivity index (χ1) is 12.9. The Morgan fingerprint density at radius 1 is 0.741 bits per heavy atom. The summed E-state index contributed by atoms with van der Waals surface area (Å²) >= 11 is 0. The SMILES string of the molecule is O=P(c1ccccc1)(c1ccccc1)N1OC1(c1ccccc1)C(F)(F)F. The number of alkyl halides is 3. The van der Waals surface area contributed by atoms with Crippen LogP contribution in [0.25, 0.3) is 0 Å². The van der Waals surface area contributed by atoms with Crippen molar-refractivity contribution in [2.75, 3.05) is 0 Å². The molecule has 1 saturated heterocycles. The number of nitrogens with zero attached hydrogens (tertiary/aromatic N) is 1. The Hall–Kier alpha value is -2.40. The van der Waals surface area contributed by atoms with Crippen molar-refractivity contribution in [2.24, 2.45) is 0 Å². The van der Waals surface area contributed by atoms with Crippen LogP contribution in [0.1, 0.15) is 5.56 Å². The van der Waals surface area contributed by atoms with Crippen molar-refractivity contribution in [1.29, 1.82) is 0 Å². The summed E-state index contributed by atoms with van der Waals surface area (Å²) in [5, 5.41) is 0.552. The fraction of sp³-hybridized carbons (Fsp3) is 0.100. The van der Waals surface area contributed by atoms with E-state index in [0.29, 0.717) is 4.83 Å². The summed E-state index contributed by atoms with van der Waals surface area (Å²) < 4.78 is 56.4. The van der Waals surface area contributed by atoms with E-state index >= 15 is 0 Å². The second-order valence-corrected chi connectivity index (χ2v) is 8.67. The van der Waals surface area contributed by atoms with Crippen molar-refractivity contribution in [1.82, 2.24) is 4.83 Å². The minimum atomic E-state index is -4.77. The summed E-state index contributed by atoms with van der Waals surface area (Å²) in [5.41, 5.74) is -2.85. The maximum atomic E-state index is 14.1. The van der Waals surface area contributed by atoms with E-state index in [1.807, 2.05) is 0 Å². The van der Waals surface area contributed by atoms with Gasteiger partial charge in [-0.15, -0.1) is 0 Å². The molecule has 4 rings (SSSR count). The quantitative estimate of drug-likeness (QED) is 0.484. The molecule has 7 heteroatoms. The van der Waals surface area contributed by atoms with Crippen LogP contribution in [0.5, 0.6) is 0 Å². The second kappa shape index (κ2) is 6.34. The second-order valence-electron chi connectivity index (χ2n) is 6.12. The van der Waals surface area contributed by atoms with Crippen molar-refractivity contribution in [2.45, 2.75) is 11.9 Å². The number of hydrogen-bond acceptors (Lipinski definition) is 2. The molecule has 0 amide bonds. The van der Waals surface area contributed by atoms with Gasteiger partial charge in [0.2, 0.25) is 7.29 Å². The molecule has 0 aliphatic carbocycles. The van der Waals surface area contributed by atoms with Gasteiger partial charge in [0, 0.05) is 16.2 Å². The lowest BCUT2D eigenvalue weighted by atomic mass is 10.1. The minimum absolute atomic E-state index is 0.107. The first kappa shape index (κ1) is 18.0. The minimum Gasteiger partial charge on any atom is -0.294 e. The molecule has 27 heavy (non-hydrogen) atoms. The van der Waals surface area contributed by atoms with E-state index in [4.69, 9.17) is 4.84 Å². The summed E-state index contributed by atoms with van der Waals surface area (Å²) in [6.07, 6.45) is -4.77. The predicted molar refractivity (Wildman–Crippen MR) is 96.9 cm³/mol. The summed E-state index contributed by atoms with van der Waals surface area (Å²) in [6.45, 7) is 0. The molecule has 1 aliphatic heterocycles. The molecule has 3 aromatic rings. The first-order valence-electron chi connectivity index (χ1n) is 8.24. The summed E-state index contributed by atoms with van der Waals surface area (Å²) in [7, 11) is -3.88. The van der Waals surface area contributed by atoms with Crippen LogP contribution >= 0.6 is 7.29 Å². The van der Waals surface area contributed by atoms with Crippen LogP contribution < -0.4 is 10.6 Å². The molecule has 3 aromatic carbocycles. The lowest BCUT2D eigenvalue weighted by Crippen LogP contribution is -2.36. The van der Waals surface area contributed by atoms with Gasteiger partial charge in [-0.3, -0.25) is 4.57 Å². The van der Waals surface area contributed by atoms with Crippen LogP contribution in [0, 0.1) is 0 Å². The van der Waals surface area contributed by atoms with Gasteiger partial charge in [-0.1, -0.05) is 71.6 Å². The van der Waals surface area contributed by atoms with E-state index in [9.17, 15) is 17.7 Å². The Labute approximate surface area is 154 Å². The van der Waals surface area contributed by atoms with Gasteiger partial charge < -0.3 is 0 Å². The standard InChI is InChI=1S/C20H15F3NO2P/c21-20(22,23)19(16-10-4-1-5-11-16)24(26-19)27(25,17-12-6-2-7-13-17)18-14-8-3-9-15-18/h1-15H. The van der Waals surface area contributed by atoms with Gasteiger partial charge in [-0.05, 0) is 24.3 Å². The van der Waals surface area contributed by atoms with Gasteiger partial charge in [-0.2, -0.15) is 13.2 Å². The Bertz CT molecular complexity index is 937. The zero-order valence-electron chi connectivity index (χ0n) is 14.0. The molecule has 3 nitrogen and oxygen atoms in total. The molecule has 2 unspecified atom stereocenters. The van der Waals surface area contributed by atoms with Crippen molar-refractivity contribution in [3.8, 4) is 0 Å². The molecule has 2 atom stereocenters. The Morgan fingerprint density at radius 3 is 1.56 bits per heavy atom. The number of halogens is 3. The fourth-order valence-corrected chi connectivity index (χ4v) is 5.86. The lowest BCUT2D eigenvalue weighted by molar-refractivity contribution is -0.189. The van der Waals surface area contributed by atoms with Gasteiger partial charge in [0.25, 0.3) is 5.72 Å². The van der Waals surface area contributed by atoms with Crippen LogP contribution in [0.15, 0.2) is 91.0 Å². The number of hydrogen-bond donors (Lipinski definition) is 0. The van der Waals surface area contributed by atoms with Gasteiger partial charge in [0.05, 0.1) is 0 Å². The van der Waals surface area contributed by atoms with Crippen LogP contribution in [0.2, 0.25) is 0 Å². The maximum Gasteiger partial charge on any atom is 0.440 e. The van der Waals surface area contributed by atoms with E-state index in [1.54, 1.807) is 66.7 Å². The van der Waals surface area contributed by atoms with Crippen molar-refractivity contribution < 1.29 is 22.6 Å². The largest absolute Gasteiger partial charge is 0.440 e. The normalized spacial score (nSPS) is 22.4. The van der Waals surface area contributed by atoms with Crippen LogP contribution in [0.4, 0.5) is 13.2 Å². The number of rotatable bonds is 4. The fourth-order valence-electron chi connectivity index (χ4n) is 3.13. The molecule has 0 N–H and O–H groups in total. The Morgan fingerprint density at radius 2 is 1.15 bits per heavy atom. The van der Waals surface area contributed by atoms with E-state index in [0.717, 1.165) is 0 Å². The Balaban J connectivity index is 1.92. The highest BCUT2D eigenvalue weighted by atomic mass is 31.2. The van der Waals surface area contributed by atoms with E-state index < -0.39 is 19.2 Å². The predicted octanol–water partition coefficient (Wildman–Crippen LogP) is 4.58. The van der Waals surface area contributed by atoms with Gasteiger partial charge in [0.15, 0.2) is 0 Å². The number of benzene rings is 3. The van der Waals surface area contributed by atoms with E-state index in [1.165, 1.54) is 24.3 Å². The topological polar surface area (TPSA) is 32.6 Å². The van der Waals surface area contributed by atoms with Crippen molar-refractivity contribution in [3.63, 3.8) is 0 Å². The van der Waals surface area contributed by atoms with Crippen LogP contribution in [0.3, 0.4) is 0 Å². The van der Waals surface area contributed by atoms with Crippen molar-refractivity contribution in [3.05, 3.63) is 96.6 Å². The van der Waals surface area contributed by atoms with Gasteiger partial charge in [-0.25, -0.2) is 4.84 Å². The molecular weight excluding hydrogens is 374 g/mol. The highest BCUT2D eigenvalue weighted by molar-refractivity contribution is 7.76. The molecule has 0 radical (unpaired) electrons. The zero-order chi connectivity index (χ0) is 19.1. The third kappa shape index (κ3) is 2.72.